The highest BCUT2D eigenvalue weighted by atomic mass is 16.3. The molecule has 0 saturated heterocycles. The minimum atomic E-state index is -0.311. The van der Waals surface area contributed by atoms with Gasteiger partial charge >= 0.3 is 0 Å². The zero-order valence-electron chi connectivity index (χ0n) is 13.5. The van der Waals surface area contributed by atoms with Crippen molar-refractivity contribution in [1.29, 1.82) is 0 Å². The van der Waals surface area contributed by atoms with Crippen LogP contribution in [0.2, 0.25) is 0 Å². The molecule has 0 aliphatic carbocycles. The van der Waals surface area contributed by atoms with Gasteiger partial charge in [-0.05, 0) is 37.6 Å². The molecule has 0 unspecified atom stereocenters. The average molecular weight is 322 g/mol. The van der Waals surface area contributed by atoms with Crippen molar-refractivity contribution in [2.24, 2.45) is 0 Å². The van der Waals surface area contributed by atoms with Gasteiger partial charge in [-0.2, -0.15) is 0 Å². The van der Waals surface area contributed by atoms with Gasteiger partial charge in [0.05, 0.1) is 0 Å². The number of anilines is 1. The van der Waals surface area contributed by atoms with E-state index in [1.807, 2.05) is 44.2 Å². The zero-order valence-corrected chi connectivity index (χ0v) is 13.5. The molecule has 3 aromatic rings. The van der Waals surface area contributed by atoms with Crippen LogP contribution in [0.15, 0.2) is 46.9 Å². The van der Waals surface area contributed by atoms with Crippen molar-refractivity contribution >= 4 is 11.9 Å². The Hall–Kier alpha value is -3.15. The van der Waals surface area contributed by atoms with E-state index in [1.54, 1.807) is 12.1 Å². The number of nitrogen functional groups attached to an aromatic ring is 1. The lowest BCUT2D eigenvalue weighted by atomic mass is 10.1. The molecule has 24 heavy (non-hydrogen) atoms. The molecule has 0 spiro atoms. The molecule has 0 bridgehead atoms. The molecule has 3 N–H and O–H groups in total. The summed E-state index contributed by atoms with van der Waals surface area (Å²) in [5, 5.41) is 2.83. The number of nitrogens with zero attached hydrogens (tertiary/aromatic N) is 2. The topological polar surface area (TPSA) is 94.0 Å². The van der Waals surface area contributed by atoms with Crippen molar-refractivity contribution in [2.75, 3.05) is 5.73 Å². The van der Waals surface area contributed by atoms with Gasteiger partial charge in [0.1, 0.15) is 17.1 Å². The second-order valence-corrected chi connectivity index (χ2v) is 5.58. The number of nitrogens with two attached hydrogens (primary N) is 1. The molecule has 2 heterocycles. The number of aromatic nitrogens is 2. The zero-order chi connectivity index (χ0) is 17.1. The highest BCUT2D eigenvalue weighted by Crippen LogP contribution is 2.21. The number of carbonyl (C=O) groups is 1. The third-order valence-electron chi connectivity index (χ3n) is 3.54. The van der Waals surface area contributed by atoms with Crippen molar-refractivity contribution in [3.63, 3.8) is 0 Å². The first-order valence-electron chi connectivity index (χ1n) is 7.56. The minimum Gasteiger partial charge on any atom is -0.460 e. The van der Waals surface area contributed by atoms with E-state index in [-0.39, 0.29) is 17.5 Å². The van der Waals surface area contributed by atoms with Crippen LogP contribution in [0, 0.1) is 13.8 Å². The van der Waals surface area contributed by atoms with Gasteiger partial charge < -0.3 is 15.5 Å². The van der Waals surface area contributed by atoms with Crippen LogP contribution in [0.25, 0.3) is 11.5 Å². The number of hydrogen-bond acceptors (Lipinski definition) is 5. The SMILES string of the molecule is Cc1ccc(CNC(=O)c2cc(-c3ccc(C)o3)nc(N)n2)cc1. The first-order valence-corrected chi connectivity index (χ1v) is 7.56. The van der Waals surface area contributed by atoms with E-state index >= 15 is 0 Å². The number of benzene rings is 1. The van der Waals surface area contributed by atoms with Crippen molar-refractivity contribution < 1.29 is 9.21 Å². The molecule has 1 aromatic carbocycles. The first-order chi connectivity index (χ1) is 11.5. The summed E-state index contributed by atoms with van der Waals surface area (Å²) in [4.78, 5) is 20.5. The summed E-state index contributed by atoms with van der Waals surface area (Å²) in [5.74, 6) is 1.03. The normalized spacial score (nSPS) is 10.6. The van der Waals surface area contributed by atoms with E-state index in [4.69, 9.17) is 10.2 Å². The van der Waals surface area contributed by atoms with Gasteiger partial charge in [0.2, 0.25) is 5.95 Å². The second-order valence-electron chi connectivity index (χ2n) is 5.58. The lowest BCUT2D eigenvalue weighted by Crippen LogP contribution is -2.24. The molecular weight excluding hydrogens is 304 g/mol. The van der Waals surface area contributed by atoms with Gasteiger partial charge in [-0.15, -0.1) is 0 Å². The van der Waals surface area contributed by atoms with Crippen LogP contribution in [0.3, 0.4) is 0 Å². The van der Waals surface area contributed by atoms with Crippen LogP contribution in [0.5, 0.6) is 0 Å². The first kappa shape index (κ1) is 15.7. The van der Waals surface area contributed by atoms with E-state index < -0.39 is 0 Å². The third kappa shape index (κ3) is 3.60. The maximum Gasteiger partial charge on any atom is 0.270 e. The minimum absolute atomic E-state index is 0.0297. The molecule has 0 atom stereocenters. The molecule has 0 aliphatic rings. The summed E-state index contributed by atoms with van der Waals surface area (Å²) in [6, 6.07) is 13.1. The Bertz CT molecular complexity index is 869. The molecule has 6 nitrogen and oxygen atoms in total. The van der Waals surface area contributed by atoms with E-state index in [9.17, 15) is 4.79 Å². The van der Waals surface area contributed by atoms with E-state index in [2.05, 4.69) is 15.3 Å². The molecule has 0 fully saturated rings. The molecule has 1 amide bonds. The van der Waals surface area contributed by atoms with Crippen LogP contribution in [0.4, 0.5) is 5.95 Å². The predicted octanol–water partition coefficient (Wildman–Crippen LogP) is 2.87. The smallest absolute Gasteiger partial charge is 0.270 e. The summed E-state index contributed by atoms with van der Waals surface area (Å²) in [7, 11) is 0. The second kappa shape index (κ2) is 6.54. The van der Waals surface area contributed by atoms with Crippen LogP contribution in [-0.2, 0) is 6.54 Å². The van der Waals surface area contributed by atoms with Gasteiger partial charge in [0.15, 0.2) is 5.76 Å². The van der Waals surface area contributed by atoms with Gasteiger partial charge in [0.25, 0.3) is 5.91 Å². The fourth-order valence-corrected chi connectivity index (χ4v) is 2.26. The number of hydrogen-bond donors (Lipinski definition) is 2. The third-order valence-corrected chi connectivity index (χ3v) is 3.54. The van der Waals surface area contributed by atoms with E-state index in [0.717, 1.165) is 11.3 Å². The molecule has 6 heteroatoms. The van der Waals surface area contributed by atoms with Gasteiger partial charge in [-0.3, -0.25) is 4.79 Å². The van der Waals surface area contributed by atoms with Gasteiger partial charge in [-0.1, -0.05) is 29.8 Å². The Morgan fingerprint density at radius 1 is 1.12 bits per heavy atom. The fourth-order valence-electron chi connectivity index (χ4n) is 2.26. The standard InChI is InChI=1S/C18H18N4O2/c1-11-3-6-13(7-4-11)10-20-17(23)15-9-14(21-18(19)22-15)16-8-5-12(2)24-16/h3-9H,10H2,1-2H3,(H,20,23)(H2,19,21,22). The molecule has 0 aliphatic heterocycles. The van der Waals surface area contributed by atoms with Crippen molar-refractivity contribution in [2.45, 2.75) is 20.4 Å². The monoisotopic (exact) mass is 322 g/mol. The van der Waals surface area contributed by atoms with Crippen molar-refractivity contribution in [3.8, 4) is 11.5 Å². The number of amides is 1. The Morgan fingerprint density at radius 3 is 2.54 bits per heavy atom. The number of aryl methyl sites for hydroxylation is 2. The highest BCUT2D eigenvalue weighted by Gasteiger charge is 2.13. The summed E-state index contributed by atoms with van der Waals surface area (Å²) in [5.41, 5.74) is 8.60. The molecule has 3 rings (SSSR count). The predicted molar refractivity (Wildman–Crippen MR) is 91.2 cm³/mol. The molecule has 122 valence electrons. The van der Waals surface area contributed by atoms with Crippen molar-refractivity contribution in [1.82, 2.24) is 15.3 Å². The molecule has 0 saturated carbocycles. The van der Waals surface area contributed by atoms with Crippen LogP contribution in [0.1, 0.15) is 27.4 Å². The molecule has 0 radical (unpaired) electrons. The fraction of sp³-hybridized carbons (Fsp3) is 0.167. The number of carbonyl (C=O) groups excluding carboxylic acids is 1. The molecule has 2 aromatic heterocycles. The van der Waals surface area contributed by atoms with Crippen molar-refractivity contribution in [3.05, 3.63) is 65.0 Å². The number of nitrogens with one attached hydrogen (secondary N) is 1. The lowest BCUT2D eigenvalue weighted by molar-refractivity contribution is 0.0946. The Kier molecular flexibility index (Phi) is 4.29. The van der Waals surface area contributed by atoms with Gasteiger partial charge in [0, 0.05) is 6.54 Å². The molecular formula is C18H18N4O2. The van der Waals surface area contributed by atoms with E-state index in [0.29, 0.717) is 18.0 Å². The number of furan rings is 1. The number of rotatable bonds is 4. The van der Waals surface area contributed by atoms with Crippen LogP contribution < -0.4 is 11.1 Å². The Morgan fingerprint density at radius 2 is 1.88 bits per heavy atom. The van der Waals surface area contributed by atoms with Crippen LogP contribution >= 0.6 is 0 Å². The summed E-state index contributed by atoms with van der Waals surface area (Å²) in [6.07, 6.45) is 0. The largest absolute Gasteiger partial charge is 0.460 e. The van der Waals surface area contributed by atoms with Gasteiger partial charge in [-0.25, -0.2) is 9.97 Å². The summed E-state index contributed by atoms with van der Waals surface area (Å²) < 4.78 is 5.52. The maximum atomic E-state index is 12.3. The Balaban J connectivity index is 1.77. The Labute approximate surface area is 139 Å². The van der Waals surface area contributed by atoms with Crippen LogP contribution in [-0.4, -0.2) is 15.9 Å². The maximum absolute atomic E-state index is 12.3. The summed E-state index contributed by atoms with van der Waals surface area (Å²) >= 11 is 0. The summed E-state index contributed by atoms with van der Waals surface area (Å²) in [6.45, 7) is 4.27. The lowest BCUT2D eigenvalue weighted by Gasteiger charge is -2.07. The quantitative estimate of drug-likeness (QED) is 0.770. The van der Waals surface area contributed by atoms with E-state index in [1.165, 1.54) is 5.56 Å². The average Bonchev–Trinajstić information content (AvgIpc) is 3.00. The highest BCUT2D eigenvalue weighted by molar-refractivity contribution is 5.93.